The van der Waals surface area contributed by atoms with E-state index in [1.807, 2.05) is 13.8 Å². The summed E-state index contributed by atoms with van der Waals surface area (Å²) in [4.78, 5) is 26.0. The normalized spacial score (nSPS) is 27.0. The zero-order chi connectivity index (χ0) is 17.0. The Balaban J connectivity index is 0.00000116. The van der Waals surface area contributed by atoms with Gasteiger partial charge in [0, 0.05) is 6.92 Å². The van der Waals surface area contributed by atoms with Gasteiger partial charge in [0.25, 0.3) is 0 Å². The van der Waals surface area contributed by atoms with E-state index in [1.165, 1.54) is 6.92 Å². The molecule has 8 nitrogen and oxygen atoms in total. The number of nitrogens with zero attached hydrogens (tertiary/aromatic N) is 2. The molecular formula is C13H20FN3O5. The molecule has 1 saturated heterocycles. The molecule has 2 rings (SSSR count). The molecule has 124 valence electrons. The van der Waals surface area contributed by atoms with Crippen LogP contribution >= 0.6 is 0 Å². The molecule has 0 radical (unpaired) electrons. The highest BCUT2D eigenvalue weighted by Crippen LogP contribution is 2.28. The molecule has 22 heavy (non-hydrogen) atoms. The van der Waals surface area contributed by atoms with Crippen LogP contribution in [0.3, 0.4) is 0 Å². The zero-order valence-corrected chi connectivity index (χ0v) is 12.8. The Kier molecular flexibility index (Phi) is 6.15. The Bertz CT molecular complexity index is 592. The third kappa shape index (κ3) is 3.67. The number of ether oxygens (including phenoxy) is 1. The average molecular weight is 317 g/mol. The van der Waals surface area contributed by atoms with Crippen molar-refractivity contribution >= 4 is 11.7 Å². The monoisotopic (exact) mass is 317 g/mol. The number of aliphatic hydroxyl groups is 2. The number of hydrogen-bond acceptors (Lipinski definition) is 6. The van der Waals surface area contributed by atoms with Crippen LogP contribution < -0.4 is 11.0 Å². The summed E-state index contributed by atoms with van der Waals surface area (Å²) in [5.41, 5.74) is -0.916. The van der Waals surface area contributed by atoms with E-state index in [4.69, 9.17) is 4.74 Å². The highest BCUT2D eigenvalue weighted by Gasteiger charge is 2.42. The van der Waals surface area contributed by atoms with Crippen molar-refractivity contribution in [3.05, 3.63) is 22.5 Å². The molecule has 0 bridgehead atoms. The number of aromatic nitrogens is 2. The number of amides is 1. The number of anilines is 1. The number of halogens is 1. The minimum atomic E-state index is -1.38. The first-order valence-corrected chi connectivity index (χ1v) is 6.89. The van der Waals surface area contributed by atoms with Crippen LogP contribution in [0, 0.1) is 5.82 Å². The molecule has 0 aromatic carbocycles. The maximum atomic E-state index is 13.7. The van der Waals surface area contributed by atoms with E-state index in [2.05, 4.69) is 10.3 Å². The van der Waals surface area contributed by atoms with E-state index in [9.17, 15) is 24.2 Å². The highest BCUT2D eigenvalue weighted by molar-refractivity contribution is 5.87. The van der Waals surface area contributed by atoms with Gasteiger partial charge in [0.1, 0.15) is 12.2 Å². The van der Waals surface area contributed by atoms with Crippen molar-refractivity contribution in [3.63, 3.8) is 0 Å². The fraction of sp³-hybridized carbons (Fsp3) is 0.615. The number of carbonyl (C=O) groups excluding carboxylic acids is 1. The second-order valence-electron chi connectivity index (χ2n) is 4.52. The Hall–Kier alpha value is -1.84. The van der Waals surface area contributed by atoms with Crippen LogP contribution in [0.2, 0.25) is 0 Å². The molecule has 0 spiro atoms. The summed E-state index contributed by atoms with van der Waals surface area (Å²) >= 11 is 0. The van der Waals surface area contributed by atoms with Gasteiger partial charge in [0.2, 0.25) is 5.91 Å². The summed E-state index contributed by atoms with van der Waals surface area (Å²) in [5.74, 6) is -2.03. The smallest absolute Gasteiger partial charge is 0.351 e. The molecular weight excluding hydrogens is 297 g/mol. The van der Waals surface area contributed by atoms with Crippen LogP contribution in [0.15, 0.2) is 11.0 Å². The first-order chi connectivity index (χ1) is 10.3. The van der Waals surface area contributed by atoms with Gasteiger partial charge in [0.15, 0.2) is 17.9 Å². The van der Waals surface area contributed by atoms with Gasteiger partial charge >= 0.3 is 5.69 Å². The van der Waals surface area contributed by atoms with Gasteiger partial charge in [-0.25, -0.2) is 9.18 Å². The Morgan fingerprint density at radius 2 is 2.00 bits per heavy atom. The number of nitrogens with one attached hydrogen (secondary N) is 1. The third-order valence-corrected chi connectivity index (χ3v) is 2.95. The summed E-state index contributed by atoms with van der Waals surface area (Å²) in [5, 5.41) is 21.4. The van der Waals surface area contributed by atoms with Crippen molar-refractivity contribution < 1.29 is 24.1 Å². The summed E-state index contributed by atoms with van der Waals surface area (Å²) in [6.45, 7) is 6.66. The topological polar surface area (TPSA) is 114 Å². The summed E-state index contributed by atoms with van der Waals surface area (Å²) in [6.07, 6.45) is -3.75. The molecule has 1 fully saturated rings. The minimum Gasteiger partial charge on any atom is -0.388 e. The van der Waals surface area contributed by atoms with Crippen molar-refractivity contribution in [3.8, 4) is 0 Å². The first kappa shape index (κ1) is 18.2. The van der Waals surface area contributed by atoms with Gasteiger partial charge in [-0.3, -0.25) is 9.36 Å². The molecule has 1 amide bonds. The highest BCUT2D eigenvalue weighted by atomic mass is 19.1. The summed E-state index contributed by atoms with van der Waals surface area (Å²) in [7, 11) is 0. The van der Waals surface area contributed by atoms with Crippen LogP contribution in [0.5, 0.6) is 0 Å². The van der Waals surface area contributed by atoms with Gasteiger partial charge in [0.05, 0.1) is 12.3 Å². The minimum absolute atomic E-state index is 0.500. The lowest BCUT2D eigenvalue weighted by atomic mass is 10.1. The standard InChI is InChI=1S/C11H14FN3O5.C2H6/c1-4-7(17)8(18)10(20-4)15-3-6(12)9(13-5(2)16)14-11(15)19;1-2/h3-4,7-8,10,17-18H,1-2H3,(H,13,14,16,19);1-2H3. The van der Waals surface area contributed by atoms with Crippen molar-refractivity contribution in [2.75, 3.05) is 5.32 Å². The predicted molar refractivity (Wildman–Crippen MR) is 75.7 cm³/mol. The van der Waals surface area contributed by atoms with Gasteiger partial charge in [-0.1, -0.05) is 13.8 Å². The summed E-state index contributed by atoms with van der Waals surface area (Å²) < 4.78 is 19.7. The Morgan fingerprint density at radius 1 is 1.41 bits per heavy atom. The Morgan fingerprint density at radius 3 is 2.45 bits per heavy atom. The molecule has 0 aliphatic carbocycles. The van der Waals surface area contributed by atoms with E-state index in [0.717, 1.165) is 17.7 Å². The van der Waals surface area contributed by atoms with E-state index in [-0.39, 0.29) is 0 Å². The van der Waals surface area contributed by atoms with Gasteiger partial charge in [-0.2, -0.15) is 4.98 Å². The lowest BCUT2D eigenvalue weighted by molar-refractivity contribution is -0.114. The molecule has 1 aromatic heterocycles. The number of hydrogen-bond donors (Lipinski definition) is 3. The molecule has 1 aromatic rings. The molecule has 4 atom stereocenters. The molecule has 3 N–H and O–H groups in total. The number of rotatable bonds is 2. The van der Waals surface area contributed by atoms with Gasteiger partial charge in [-0.05, 0) is 6.92 Å². The molecule has 4 unspecified atom stereocenters. The molecule has 9 heteroatoms. The fourth-order valence-corrected chi connectivity index (χ4v) is 1.94. The lowest BCUT2D eigenvalue weighted by Gasteiger charge is -2.17. The van der Waals surface area contributed by atoms with Crippen LogP contribution in [-0.2, 0) is 9.53 Å². The van der Waals surface area contributed by atoms with Crippen LogP contribution in [0.25, 0.3) is 0 Å². The first-order valence-electron chi connectivity index (χ1n) is 6.89. The molecule has 2 heterocycles. The van der Waals surface area contributed by atoms with Gasteiger partial charge in [-0.15, -0.1) is 0 Å². The van der Waals surface area contributed by atoms with Crippen LogP contribution in [0.1, 0.15) is 33.9 Å². The van der Waals surface area contributed by atoms with E-state index in [1.54, 1.807) is 0 Å². The lowest BCUT2D eigenvalue weighted by Crippen LogP contribution is -2.36. The van der Waals surface area contributed by atoms with Gasteiger partial charge < -0.3 is 20.3 Å². The second kappa shape index (κ2) is 7.43. The molecule has 1 aliphatic rings. The second-order valence-corrected chi connectivity index (χ2v) is 4.52. The predicted octanol–water partition coefficient (Wildman–Crippen LogP) is 0.00610. The Labute approximate surface area is 126 Å². The van der Waals surface area contributed by atoms with Crippen molar-refractivity contribution in [2.45, 2.75) is 52.2 Å². The van der Waals surface area contributed by atoms with E-state index < -0.39 is 47.8 Å². The molecule has 1 aliphatic heterocycles. The van der Waals surface area contributed by atoms with E-state index >= 15 is 0 Å². The fourth-order valence-electron chi connectivity index (χ4n) is 1.94. The average Bonchev–Trinajstić information content (AvgIpc) is 2.72. The van der Waals surface area contributed by atoms with Crippen molar-refractivity contribution in [1.29, 1.82) is 0 Å². The maximum absolute atomic E-state index is 13.7. The van der Waals surface area contributed by atoms with Crippen molar-refractivity contribution in [2.24, 2.45) is 0 Å². The van der Waals surface area contributed by atoms with Crippen molar-refractivity contribution in [1.82, 2.24) is 9.55 Å². The number of aliphatic hydroxyl groups excluding tert-OH is 2. The molecule has 0 saturated carbocycles. The summed E-state index contributed by atoms with van der Waals surface area (Å²) in [6, 6.07) is 0. The largest absolute Gasteiger partial charge is 0.388 e. The van der Waals surface area contributed by atoms with Crippen LogP contribution in [0.4, 0.5) is 10.2 Å². The zero-order valence-electron chi connectivity index (χ0n) is 12.8. The third-order valence-electron chi connectivity index (χ3n) is 2.95. The quantitative estimate of drug-likeness (QED) is 0.708. The maximum Gasteiger partial charge on any atom is 0.351 e. The van der Waals surface area contributed by atoms with E-state index in [0.29, 0.717) is 0 Å². The van der Waals surface area contributed by atoms with Crippen LogP contribution in [-0.4, -0.2) is 44.0 Å². The SMILES string of the molecule is CC.CC(=O)Nc1nc(=O)n(C2OC(C)C(O)C2O)cc1F. The number of carbonyl (C=O) groups is 1.